The van der Waals surface area contributed by atoms with E-state index in [9.17, 15) is 34.2 Å². The number of imidazole rings is 2. The Hall–Kier alpha value is -5.55. The third-order valence-corrected chi connectivity index (χ3v) is 23.4. The topological polar surface area (TPSA) is 318 Å². The molecule has 3 saturated heterocycles. The molecular formula is C51H74FN12O15PSSi2. The first kappa shape index (κ1) is 63.5. The maximum atomic E-state index is 17.2. The highest BCUT2D eigenvalue weighted by atomic mass is 32.5. The van der Waals surface area contributed by atoms with Gasteiger partial charge in [0.2, 0.25) is 11.8 Å². The van der Waals surface area contributed by atoms with Gasteiger partial charge in [0.15, 0.2) is 55.1 Å². The Morgan fingerprint density at radius 1 is 0.880 bits per heavy atom. The van der Waals surface area contributed by atoms with Crippen LogP contribution in [0.25, 0.3) is 22.3 Å². The van der Waals surface area contributed by atoms with E-state index in [-0.39, 0.29) is 78.7 Å². The number of ether oxygens (including phenoxy) is 4. The molecule has 4 amide bonds. The van der Waals surface area contributed by atoms with Gasteiger partial charge in [-0.15, -0.1) is 0 Å². The number of carbonyl (C=O) groups is 4. The van der Waals surface area contributed by atoms with Gasteiger partial charge in [-0.1, -0.05) is 58.6 Å². The molecule has 4 aromatic heterocycles. The molecule has 83 heavy (non-hydrogen) atoms. The van der Waals surface area contributed by atoms with Crippen molar-refractivity contribution in [1.29, 1.82) is 0 Å². The van der Waals surface area contributed by atoms with E-state index >= 15 is 4.39 Å². The van der Waals surface area contributed by atoms with Crippen molar-refractivity contribution in [2.45, 2.75) is 146 Å². The molecule has 0 radical (unpaired) electrons. The van der Waals surface area contributed by atoms with Crippen LogP contribution in [0.1, 0.15) is 63.4 Å². The Kier molecular flexibility index (Phi) is 20.5. The van der Waals surface area contributed by atoms with Crippen LogP contribution in [0.2, 0.25) is 43.8 Å². The smallest absolute Gasteiger partial charge is 0.407 e. The quantitative estimate of drug-likeness (QED) is 0.0234. The summed E-state index contributed by atoms with van der Waals surface area (Å²) >= 11 is 6.11. The molecular weight excluding hydrogens is 1160 g/mol. The molecule has 32 heteroatoms. The molecule has 3 aliphatic heterocycles. The average molecular weight is 1230 g/mol. The fourth-order valence-electron chi connectivity index (χ4n) is 9.22. The number of carbonyl (C=O) groups excluding carboxylic acids is 4. The summed E-state index contributed by atoms with van der Waals surface area (Å²) in [5, 5.41) is 30.2. The lowest BCUT2D eigenvalue weighted by atomic mass is 10.1. The number of likely N-dealkylation sites (tertiary alicyclic amines) is 1. The molecule has 3 fully saturated rings. The maximum absolute atomic E-state index is 17.2. The molecule has 1 aromatic carbocycles. The van der Waals surface area contributed by atoms with E-state index in [2.05, 4.69) is 60.5 Å². The number of nitrogens with one attached hydrogen (secondary N) is 3. The highest BCUT2D eigenvalue weighted by molar-refractivity contribution is 8.07. The minimum atomic E-state index is -4.18. The molecule has 0 saturated carbocycles. The van der Waals surface area contributed by atoms with Gasteiger partial charge in [-0.3, -0.25) is 37.4 Å². The predicted molar refractivity (Wildman–Crippen MR) is 307 cm³/mol. The lowest BCUT2D eigenvalue weighted by Crippen LogP contribution is -2.49. The first-order valence-electron chi connectivity index (χ1n) is 27.3. The van der Waals surface area contributed by atoms with Crippen LogP contribution in [-0.2, 0) is 64.9 Å². The summed E-state index contributed by atoms with van der Waals surface area (Å²) in [6, 6.07) is 8.82. The fraction of sp³-hybridized carbons (Fsp3) is 0.608. The van der Waals surface area contributed by atoms with Crippen molar-refractivity contribution < 1.29 is 70.7 Å². The van der Waals surface area contributed by atoms with Crippen molar-refractivity contribution in [1.82, 2.24) is 54.2 Å². The number of aliphatic hydroxyl groups is 2. The average Bonchev–Trinajstić information content (AvgIpc) is 3.38. The standard InChI is InChI=1S/C51H74FN12O15PSSi2/c1-31(66)62-17-13-16-33(62)24-74-80(81,78-41-34(23-65)76-48(37(41)52)63-28-56-38-43(54-26-55-44(38)63)60-46(69)32-14-11-10-12-15-32)75-25-35-42(79-83(8,9)51(2,3)4)40(68)49(77-35)64-29-57-39-45(64)58-27-61(47(39)70)18-19-72-30-59-36(67)22-53-50(71)73-20-21-82(5,6)7/h10-12,14-15,26-29,33-35,37,40-42,48-49,65,68H,13,16-25,30H2,1-9H3,(H,53,71)(H,59,67)(H,54,55,60,69)/t33-,34-,35-,37-,40-,41-,42-,48-,49-,80-/m1/s1. The molecule has 10 atom stereocenters. The number of rotatable bonds is 25. The lowest BCUT2D eigenvalue weighted by Gasteiger charge is -2.40. The summed E-state index contributed by atoms with van der Waals surface area (Å²) in [5.41, 5.74) is 0.0935. The molecule has 8 rings (SSSR count). The number of alkyl halides is 1. The van der Waals surface area contributed by atoms with Crippen LogP contribution in [0, 0.1) is 0 Å². The number of amides is 4. The van der Waals surface area contributed by atoms with E-state index in [0.717, 1.165) is 6.04 Å². The summed E-state index contributed by atoms with van der Waals surface area (Å²) in [7, 11) is -4.13. The minimum absolute atomic E-state index is 0.00819. The first-order valence-corrected chi connectivity index (χ1v) is 36.4. The number of fused-ring (bicyclic) bond motifs is 2. The van der Waals surface area contributed by atoms with Gasteiger partial charge >= 0.3 is 12.8 Å². The number of benzene rings is 1. The molecule has 0 unspecified atom stereocenters. The Bertz CT molecular complexity index is 3210. The van der Waals surface area contributed by atoms with Crippen molar-refractivity contribution >= 4 is 86.9 Å². The Morgan fingerprint density at radius 3 is 2.27 bits per heavy atom. The first-order chi connectivity index (χ1) is 39.3. The van der Waals surface area contributed by atoms with Crippen LogP contribution in [0.3, 0.4) is 0 Å². The number of nitrogens with zero attached hydrogens (tertiary/aromatic N) is 9. The van der Waals surface area contributed by atoms with Gasteiger partial charge in [0.25, 0.3) is 11.5 Å². The second-order valence-corrected chi connectivity index (χ2v) is 36.4. The largest absolute Gasteiger partial charge is 0.450 e. The van der Waals surface area contributed by atoms with Crippen LogP contribution in [-0.4, -0.2) is 190 Å². The predicted octanol–water partition coefficient (Wildman–Crippen LogP) is 4.37. The molecule has 454 valence electrons. The third kappa shape index (κ3) is 15.3. The van der Waals surface area contributed by atoms with Gasteiger partial charge in [0, 0.05) is 27.1 Å². The van der Waals surface area contributed by atoms with Crippen molar-refractivity contribution in [3.05, 3.63) is 71.6 Å². The zero-order valence-electron chi connectivity index (χ0n) is 47.8. The summed E-state index contributed by atoms with van der Waals surface area (Å²) in [5.74, 6) is -1.09. The molecule has 7 heterocycles. The van der Waals surface area contributed by atoms with Crippen molar-refractivity contribution in [3.63, 3.8) is 0 Å². The van der Waals surface area contributed by atoms with E-state index in [1.807, 2.05) is 33.9 Å². The number of anilines is 1. The number of alkyl carbamates (subject to hydrolysis) is 1. The van der Waals surface area contributed by atoms with Crippen molar-refractivity contribution in [3.8, 4) is 0 Å². The van der Waals surface area contributed by atoms with Crippen LogP contribution < -0.4 is 21.5 Å². The van der Waals surface area contributed by atoms with Crippen molar-refractivity contribution in [2.75, 3.05) is 58.2 Å². The summed E-state index contributed by atoms with van der Waals surface area (Å²) in [4.78, 5) is 87.2. The van der Waals surface area contributed by atoms with Crippen LogP contribution in [0.5, 0.6) is 0 Å². The number of aromatic nitrogens is 8. The number of aliphatic hydroxyl groups excluding tert-OH is 2. The zero-order valence-corrected chi connectivity index (χ0v) is 51.5. The molecule has 5 aromatic rings. The normalized spacial score (nSPS) is 23.9. The molecule has 3 aliphatic rings. The summed E-state index contributed by atoms with van der Waals surface area (Å²) < 4.78 is 70.7. The van der Waals surface area contributed by atoms with Crippen LogP contribution in [0.4, 0.5) is 15.0 Å². The Balaban J connectivity index is 0.979. The minimum Gasteiger partial charge on any atom is -0.450 e. The van der Waals surface area contributed by atoms with E-state index in [1.165, 1.54) is 45.9 Å². The monoisotopic (exact) mass is 1230 g/mol. The number of hydrogen-bond acceptors (Lipinski definition) is 21. The molecule has 5 N–H and O–H groups in total. The highest BCUT2D eigenvalue weighted by Gasteiger charge is 2.53. The SMILES string of the molecule is CC(=O)N1CCC[C@@H]1CO[P@@](=S)(OC[C@H]1O[C@@H](n2cnc3c(=O)n(CCOCNC(=O)CNC(=O)OCC[Si](C)(C)C)cnc32)[C@H](O)[C@@H]1O[Si](C)(C)C(C)(C)C)O[C@H]1[C@@H](F)[C@H](n2cnc3c(NC(=O)c4ccccc4)ncnc32)O[C@@H]1CO. The van der Waals surface area contributed by atoms with E-state index in [4.69, 9.17) is 48.8 Å². The summed E-state index contributed by atoms with van der Waals surface area (Å²) in [6.07, 6.45) is -5.76. The van der Waals surface area contributed by atoms with Crippen molar-refractivity contribution in [2.24, 2.45) is 0 Å². The van der Waals surface area contributed by atoms with Gasteiger partial charge in [-0.25, -0.2) is 34.1 Å². The molecule has 27 nitrogen and oxygen atoms in total. The van der Waals surface area contributed by atoms with Gasteiger partial charge in [0.1, 0.15) is 56.5 Å². The van der Waals surface area contributed by atoms with Gasteiger partial charge in [-0.05, 0) is 61.0 Å². The lowest BCUT2D eigenvalue weighted by molar-refractivity contribution is -0.130. The maximum Gasteiger partial charge on any atom is 0.407 e. The van der Waals surface area contributed by atoms with Crippen LogP contribution >= 0.6 is 6.72 Å². The van der Waals surface area contributed by atoms with Crippen LogP contribution in [0.15, 0.2) is 60.4 Å². The van der Waals surface area contributed by atoms with E-state index < -0.39 is 115 Å². The molecule has 0 bridgehead atoms. The Morgan fingerprint density at radius 2 is 1.57 bits per heavy atom. The Labute approximate surface area is 485 Å². The highest BCUT2D eigenvalue weighted by Crippen LogP contribution is 2.55. The summed E-state index contributed by atoms with van der Waals surface area (Å²) in [6.45, 7) is 12.7. The molecule has 0 aliphatic carbocycles. The van der Waals surface area contributed by atoms with Gasteiger partial charge in [0.05, 0.1) is 58.3 Å². The van der Waals surface area contributed by atoms with E-state index in [0.29, 0.717) is 24.9 Å². The fourth-order valence-corrected chi connectivity index (χ4v) is 13.4. The zero-order chi connectivity index (χ0) is 60.0. The van der Waals surface area contributed by atoms with Gasteiger partial charge in [-0.2, -0.15) is 0 Å². The van der Waals surface area contributed by atoms with Gasteiger partial charge < -0.3 is 63.5 Å². The third-order valence-electron chi connectivity index (χ3n) is 14.9. The number of hydrogen-bond donors (Lipinski definition) is 5. The van der Waals surface area contributed by atoms with E-state index in [1.54, 1.807) is 35.2 Å². The number of halogens is 1. The molecule has 0 spiro atoms. The second-order valence-electron chi connectivity index (χ2n) is 23.1. The second kappa shape index (κ2) is 26.8.